The van der Waals surface area contributed by atoms with E-state index in [1.54, 1.807) is 4.90 Å². The first-order valence-corrected chi connectivity index (χ1v) is 4.92. The van der Waals surface area contributed by atoms with Crippen LogP contribution in [-0.2, 0) is 0 Å². The summed E-state index contributed by atoms with van der Waals surface area (Å²) >= 11 is 0. The number of rotatable bonds is 1. The van der Waals surface area contributed by atoms with Crippen LogP contribution in [0, 0.1) is 10.4 Å². The third-order valence-electron chi connectivity index (χ3n) is 2.69. The van der Waals surface area contributed by atoms with E-state index in [0.29, 0.717) is 13.1 Å². The molecule has 0 radical (unpaired) electrons. The van der Waals surface area contributed by atoms with Crippen LogP contribution in [0.4, 0.5) is 17.5 Å². The van der Waals surface area contributed by atoms with Crippen molar-refractivity contribution in [3.05, 3.63) is 10.4 Å². The normalized spacial score (nSPS) is 15.6. The van der Waals surface area contributed by atoms with Crippen LogP contribution in [0.3, 0.4) is 0 Å². The molecule has 1 fully saturated rings. The zero-order chi connectivity index (χ0) is 11.9. The number of anilines is 3. The summed E-state index contributed by atoms with van der Waals surface area (Å²) < 4.78 is 0.363. The van der Waals surface area contributed by atoms with Crippen molar-refractivity contribution in [1.29, 1.82) is 0 Å². The molecule has 8 heteroatoms. The Hall–Kier alpha value is -2.12. The average molecular weight is 227 g/mol. The second-order valence-electron chi connectivity index (χ2n) is 3.70. The van der Waals surface area contributed by atoms with Crippen LogP contribution in [0.15, 0.2) is 0 Å². The van der Waals surface area contributed by atoms with E-state index in [2.05, 4.69) is 0 Å². The van der Waals surface area contributed by atoms with E-state index in [1.807, 2.05) is 0 Å². The van der Waals surface area contributed by atoms with Crippen LogP contribution in [0.1, 0.15) is 12.8 Å². The molecule has 88 valence electrons. The summed E-state index contributed by atoms with van der Waals surface area (Å²) in [6.07, 6.45) is 1.84. The number of aromatic nitrogens is 2. The third-order valence-corrected chi connectivity index (χ3v) is 2.69. The van der Waals surface area contributed by atoms with Gasteiger partial charge in [0, 0.05) is 0 Å². The minimum atomic E-state index is -0.814. The predicted octanol–water partition coefficient (Wildman–Crippen LogP) is -1.58. The summed E-state index contributed by atoms with van der Waals surface area (Å²) in [5.41, 5.74) is 10.8. The molecule has 0 bridgehead atoms. The van der Waals surface area contributed by atoms with Gasteiger partial charge in [-0.25, -0.2) is 4.73 Å². The molecule has 0 aliphatic carbocycles. The number of nitrogen functional groups attached to an aromatic ring is 2. The highest BCUT2D eigenvalue weighted by Crippen LogP contribution is 2.24. The van der Waals surface area contributed by atoms with Crippen LogP contribution < -0.4 is 25.8 Å². The van der Waals surface area contributed by atoms with Gasteiger partial charge in [0.05, 0.1) is 13.1 Å². The summed E-state index contributed by atoms with van der Waals surface area (Å²) in [6.45, 7) is 1.27. The van der Waals surface area contributed by atoms with Gasteiger partial charge in [0.2, 0.25) is 0 Å². The number of aromatic hydroxyl groups is 1. The molecule has 1 aromatic heterocycles. The molecule has 0 atom stereocenters. The highest BCUT2D eigenvalue weighted by molar-refractivity contribution is 5.54. The Balaban J connectivity index is 2.59. The van der Waals surface area contributed by atoms with Gasteiger partial charge in [0.25, 0.3) is 0 Å². The zero-order valence-electron chi connectivity index (χ0n) is 8.59. The predicted molar refractivity (Wildman–Crippen MR) is 56.3 cm³/mol. The first-order valence-electron chi connectivity index (χ1n) is 4.92. The van der Waals surface area contributed by atoms with E-state index in [-0.39, 0.29) is 21.1 Å². The first-order chi connectivity index (χ1) is 7.54. The van der Waals surface area contributed by atoms with Crippen LogP contribution in [0.2, 0.25) is 0 Å². The first kappa shape index (κ1) is 10.4. The fourth-order valence-electron chi connectivity index (χ4n) is 1.84. The number of hydrogen-bond donors (Lipinski definition) is 3. The summed E-state index contributed by atoms with van der Waals surface area (Å²) in [7, 11) is 0. The number of nitrogens with zero attached hydrogens (tertiary/aromatic N) is 3. The molecule has 0 amide bonds. The van der Waals surface area contributed by atoms with Crippen LogP contribution in [0.5, 0.6) is 5.88 Å². The largest absolute Gasteiger partial charge is 0.740 e. The zero-order valence-corrected chi connectivity index (χ0v) is 8.59. The van der Waals surface area contributed by atoms with Crippen molar-refractivity contribution in [3.8, 4) is 5.88 Å². The summed E-state index contributed by atoms with van der Waals surface area (Å²) in [5.74, 6) is -1.71. The van der Waals surface area contributed by atoms with Gasteiger partial charge in [-0.3, -0.25) is 4.90 Å². The molecular weight excluding hydrogens is 214 g/mol. The lowest BCUT2D eigenvalue weighted by molar-refractivity contribution is -0.641. The fourth-order valence-corrected chi connectivity index (χ4v) is 1.84. The lowest BCUT2D eigenvalue weighted by Gasteiger charge is -2.20. The molecule has 1 aromatic rings. The Kier molecular flexibility index (Phi) is 2.26. The van der Waals surface area contributed by atoms with E-state index in [0.717, 1.165) is 12.8 Å². The van der Waals surface area contributed by atoms with Gasteiger partial charge in [0.15, 0.2) is 0 Å². The standard InChI is InChI=1S/C8H13N5O3/c9-5-7(11-3-1-2-4-11)13(16)8(14)6(10)12(5)15/h14H,1-4,9-10H2. The number of nitrogens with two attached hydrogens (primary N) is 2. The molecule has 0 aromatic carbocycles. The SMILES string of the molecule is Nc1c(O)[n+]([O-])c(N2CCCC2)c(N)[n+]1[O-]. The van der Waals surface area contributed by atoms with Crippen LogP contribution in [0.25, 0.3) is 0 Å². The highest BCUT2D eigenvalue weighted by atomic mass is 16.5. The van der Waals surface area contributed by atoms with E-state index in [9.17, 15) is 15.5 Å². The maximum absolute atomic E-state index is 11.7. The summed E-state index contributed by atoms with van der Waals surface area (Å²) in [5, 5.41) is 32.5. The van der Waals surface area contributed by atoms with Crippen molar-refractivity contribution in [3.63, 3.8) is 0 Å². The van der Waals surface area contributed by atoms with Gasteiger partial charge in [-0.2, -0.15) is 4.73 Å². The second-order valence-corrected chi connectivity index (χ2v) is 3.70. The lowest BCUT2D eigenvalue weighted by Crippen LogP contribution is -2.47. The minimum absolute atomic E-state index is 0.0285. The van der Waals surface area contributed by atoms with E-state index < -0.39 is 11.7 Å². The fraction of sp³-hybridized carbons (Fsp3) is 0.500. The van der Waals surface area contributed by atoms with Gasteiger partial charge < -0.3 is 27.0 Å². The molecular formula is C8H13N5O3. The molecule has 5 N–H and O–H groups in total. The molecule has 2 heterocycles. The molecule has 16 heavy (non-hydrogen) atoms. The van der Waals surface area contributed by atoms with E-state index >= 15 is 0 Å². The molecule has 1 aliphatic heterocycles. The molecule has 8 nitrogen and oxygen atoms in total. The molecule has 1 aliphatic rings. The molecule has 0 unspecified atom stereocenters. The Morgan fingerprint density at radius 1 is 1.06 bits per heavy atom. The summed E-state index contributed by atoms with van der Waals surface area (Å²) in [4.78, 5) is 1.66. The topological polar surface area (TPSA) is 129 Å². The molecule has 2 rings (SSSR count). The number of hydrogen-bond acceptors (Lipinski definition) is 6. The second kappa shape index (κ2) is 3.47. The summed E-state index contributed by atoms with van der Waals surface area (Å²) in [6, 6.07) is 0. The quantitative estimate of drug-likeness (QED) is 0.392. The average Bonchev–Trinajstić information content (AvgIpc) is 2.77. The van der Waals surface area contributed by atoms with Crippen molar-refractivity contribution >= 4 is 17.5 Å². The monoisotopic (exact) mass is 227 g/mol. The van der Waals surface area contributed by atoms with Gasteiger partial charge in [-0.05, 0) is 12.8 Å². The Labute approximate surface area is 91.5 Å². The van der Waals surface area contributed by atoms with Crippen LogP contribution >= 0.6 is 0 Å². The van der Waals surface area contributed by atoms with Crippen molar-refractivity contribution in [2.75, 3.05) is 29.5 Å². The van der Waals surface area contributed by atoms with Crippen molar-refractivity contribution < 1.29 is 14.6 Å². The van der Waals surface area contributed by atoms with Gasteiger partial charge in [0.1, 0.15) is 0 Å². The van der Waals surface area contributed by atoms with E-state index in [1.165, 1.54) is 0 Å². The van der Waals surface area contributed by atoms with Crippen molar-refractivity contribution in [2.45, 2.75) is 12.8 Å². The third kappa shape index (κ3) is 1.30. The maximum atomic E-state index is 11.7. The highest BCUT2D eigenvalue weighted by Gasteiger charge is 2.31. The van der Waals surface area contributed by atoms with Crippen molar-refractivity contribution in [1.82, 2.24) is 0 Å². The Bertz CT molecular complexity index is 401. The van der Waals surface area contributed by atoms with Gasteiger partial charge in [-0.15, -0.1) is 0 Å². The Morgan fingerprint density at radius 2 is 1.62 bits per heavy atom. The minimum Gasteiger partial charge on any atom is -0.740 e. The van der Waals surface area contributed by atoms with Crippen molar-refractivity contribution in [2.24, 2.45) is 0 Å². The van der Waals surface area contributed by atoms with E-state index in [4.69, 9.17) is 11.5 Å². The molecule has 1 saturated heterocycles. The Morgan fingerprint density at radius 3 is 2.19 bits per heavy atom. The molecule has 0 saturated carbocycles. The van der Waals surface area contributed by atoms with Gasteiger partial charge >= 0.3 is 23.3 Å². The van der Waals surface area contributed by atoms with Gasteiger partial charge in [-0.1, -0.05) is 0 Å². The lowest BCUT2D eigenvalue weighted by atomic mass is 10.4. The van der Waals surface area contributed by atoms with Crippen LogP contribution in [-0.4, -0.2) is 18.2 Å². The maximum Gasteiger partial charge on any atom is 0.360 e. The smallest absolute Gasteiger partial charge is 0.360 e. The molecule has 0 spiro atoms.